The highest BCUT2D eigenvalue weighted by Gasteiger charge is 2.34. The Hall–Kier alpha value is -0.360. The number of aliphatic hydroxyl groups excluding tert-OH is 6. The van der Waals surface area contributed by atoms with E-state index in [2.05, 4.69) is 0 Å². The molecule has 0 spiro atoms. The first kappa shape index (κ1) is 29.6. The molecular weight excluding hydrogens is 396 g/mol. The molecule has 0 radical (unpaired) electrons. The van der Waals surface area contributed by atoms with Gasteiger partial charge >= 0.3 is 0 Å². The molecule has 9 nitrogen and oxygen atoms in total. The van der Waals surface area contributed by atoms with Crippen molar-refractivity contribution in [1.29, 1.82) is 0 Å². The van der Waals surface area contributed by atoms with Gasteiger partial charge in [0.05, 0.1) is 79.3 Å². The third kappa shape index (κ3) is 9.84. The molecule has 0 saturated heterocycles. The molecule has 0 fully saturated rings. The average molecular weight is 441 g/mol. The highest BCUT2D eigenvalue weighted by molar-refractivity contribution is 4.81. The minimum absolute atomic E-state index is 0.151. The standard InChI is InChI=1S/C21H44O9/c1-5-21(15-28-12-18(2,6-22)7-23,16-29-13-19(3,8-24)9-25)17-30-14-20(4,10-26)11-27/h22-27H,5-17H2,1-4H3. The van der Waals surface area contributed by atoms with Crippen molar-refractivity contribution in [3.63, 3.8) is 0 Å². The zero-order valence-electron chi connectivity index (χ0n) is 19.1. The molecule has 0 bridgehead atoms. The van der Waals surface area contributed by atoms with Gasteiger partial charge in [-0.25, -0.2) is 0 Å². The Labute approximate surface area is 180 Å². The first-order valence-corrected chi connectivity index (χ1v) is 10.4. The Morgan fingerprint density at radius 2 is 0.700 bits per heavy atom. The molecule has 6 N–H and O–H groups in total. The predicted molar refractivity (Wildman–Crippen MR) is 112 cm³/mol. The van der Waals surface area contributed by atoms with E-state index in [1.54, 1.807) is 20.8 Å². The summed E-state index contributed by atoms with van der Waals surface area (Å²) >= 11 is 0. The summed E-state index contributed by atoms with van der Waals surface area (Å²) in [6.07, 6.45) is 0.631. The average Bonchev–Trinajstić information content (AvgIpc) is 2.78. The fourth-order valence-electron chi connectivity index (χ4n) is 2.40. The Balaban J connectivity index is 5.13. The smallest absolute Gasteiger partial charge is 0.0566 e. The summed E-state index contributed by atoms with van der Waals surface area (Å²) in [5.41, 5.74) is -2.86. The molecular formula is C21H44O9. The van der Waals surface area contributed by atoms with E-state index in [0.717, 1.165) is 0 Å². The van der Waals surface area contributed by atoms with Crippen LogP contribution >= 0.6 is 0 Å². The first-order valence-electron chi connectivity index (χ1n) is 10.4. The Morgan fingerprint density at radius 3 is 0.867 bits per heavy atom. The molecule has 0 aliphatic rings. The van der Waals surface area contributed by atoms with Crippen molar-refractivity contribution in [2.45, 2.75) is 34.1 Å². The molecule has 0 unspecified atom stereocenters. The molecule has 0 aliphatic heterocycles. The minimum atomic E-state index is -0.764. The van der Waals surface area contributed by atoms with Crippen LogP contribution in [0.5, 0.6) is 0 Å². The molecule has 0 aromatic heterocycles. The van der Waals surface area contributed by atoms with Crippen LogP contribution in [0, 0.1) is 21.7 Å². The maximum absolute atomic E-state index is 9.46. The third-order valence-electron chi connectivity index (χ3n) is 5.62. The van der Waals surface area contributed by atoms with Crippen molar-refractivity contribution < 1.29 is 44.8 Å². The van der Waals surface area contributed by atoms with Crippen LogP contribution in [0.2, 0.25) is 0 Å². The van der Waals surface area contributed by atoms with Crippen molar-refractivity contribution in [3.05, 3.63) is 0 Å². The number of hydrogen-bond donors (Lipinski definition) is 6. The molecule has 0 saturated carbocycles. The summed E-state index contributed by atoms with van der Waals surface area (Å²) in [6, 6.07) is 0. The van der Waals surface area contributed by atoms with Gasteiger partial charge < -0.3 is 44.8 Å². The molecule has 0 aromatic rings. The van der Waals surface area contributed by atoms with E-state index < -0.39 is 21.7 Å². The van der Waals surface area contributed by atoms with Gasteiger partial charge in [-0.1, -0.05) is 27.7 Å². The van der Waals surface area contributed by atoms with E-state index in [4.69, 9.17) is 14.2 Å². The van der Waals surface area contributed by atoms with Crippen molar-refractivity contribution in [2.75, 3.05) is 79.3 Å². The van der Waals surface area contributed by atoms with Crippen LogP contribution in [-0.4, -0.2) is 110 Å². The molecule has 30 heavy (non-hydrogen) atoms. The van der Waals surface area contributed by atoms with Gasteiger partial charge in [-0.05, 0) is 6.42 Å². The van der Waals surface area contributed by atoms with E-state index >= 15 is 0 Å². The quantitative estimate of drug-likeness (QED) is 0.155. The van der Waals surface area contributed by atoms with Crippen molar-refractivity contribution in [3.8, 4) is 0 Å². The second kappa shape index (κ2) is 13.9. The lowest BCUT2D eigenvalue weighted by molar-refractivity contribution is -0.119. The fourth-order valence-corrected chi connectivity index (χ4v) is 2.40. The van der Waals surface area contributed by atoms with Crippen LogP contribution in [0.4, 0.5) is 0 Å². The summed E-state index contributed by atoms with van der Waals surface area (Å²) in [4.78, 5) is 0. The molecule has 182 valence electrons. The second-order valence-electron chi connectivity index (χ2n) is 9.71. The van der Waals surface area contributed by atoms with Gasteiger partial charge in [0.1, 0.15) is 0 Å². The number of ether oxygens (including phenoxy) is 3. The predicted octanol–water partition coefficient (Wildman–Crippen LogP) is -0.595. The first-order chi connectivity index (χ1) is 14.0. The van der Waals surface area contributed by atoms with E-state index in [-0.39, 0.29) is 79.3 Å². The normalized spacial score (nSPS) is 13.8. The summed E-state index contributed by atoms with van der Waals surface area (Å²) in [5, 5.41) is 56.7. The van der Waals surface area contributed by atoms with Gasteiger partial charge in [0.25, 0.3) is 0 Å². The van der Waals surface area contributed by atoms with Crippen LogP contribution < -0.4 is 0 Å². The summed E-state index contributed by atoms with van der Waals surface area (Å²) in [7, 11) is 0. The summed E-state index contributed by atoms with van der Waals surface area (Å²) < 4.78 is 17.5. The van der Waals surface area contributed by atoms with E-state index in [0.29, 0.717) is 6.42 Å². The number of aliphatic hydroxyl groups is 6. The lowest BCUT2D eigenvalue weighted by atomic mass is 9.87. The van der Waals surface area contributed by atoms with Crippen LogP contribution in [0.25, 0.3) is 0 Å². The lowest BCUT2D eigenvalue weighted by Gasteiger charge is -2.36. The Morgan fingerprint density at radius 1 is 0.467 bits per heavy atom. The SMILES string of the molecule is CCC(COCC(C)(CO)CO)(COCC(C)(CO)CO)COCC(C)(CO)CO. The monoisotopic (exact) mass is 440 g/mol. The van der Waals surface area contributed by atoms with Gasteiger partial charge in [0.15, 0.2) is 0 Å². The number of rotatable bonds is 19. The van der Waals surface area contributed by atoms with Gasteiger partial charge in [0.2, 0.25) is 0 Å². The van der Waals surface area contributed by atoms with E-state index in [1.165, 1.54) is 0 Å². The van der Waals surface area contributed by atoms with E-state index in [9.17, 15) is 30.6 Å². The Kier molecular flexibility index (Phi) is 13.8. The maximum Gasteiger partial charge on any atom is 0.0566 e. The van der Waals surface area contributed by atoms with Crippen LogP contribution in [0.15, 0.2) is 0 Å². The minimum Gasteiger partial charge on any atom is -0.396 e. The zero-order valence-corrected chi connectivity index (χ0v) is 19.1. The molecule has 0 rings (SSSR count). The third-order valence-corrected chi connectivity index (χ3v) is 5.62. The van der Waals surface area contributed by atoms with Gasteiger partial charge in [-0.2, -0.15) is 0 Å². The molecule has 9 heteroatoms. The zero-order chi connectivity index (χ0) is 23.3. The topological polar surface area (TPSA) is 149 Å². The van der Waals surface area contributed by atoms with Crippen molar-refractivity contribution >= 4 is 0 Å². The van der Waals surface area contributed by atoms with Crippen LogP contribution in [0.1, 0.15) is 34.1 Å². The van der Waals surface area contributed by atoms with Crippen molar-refractivity contribution in [2.24, 2.45) is 21.7 Å². The molecule has 0 amide bonds. The van der Waals surface area contributed by atoms with Gasteiger partial charge in [-0.3, -0.25) is 0 Å². The largest absolute Gasteiger partial charge is 0.396 e. The van der Waals surface area contributed by atoms with Gasteiger partial charge in [0, 0.05) is 21.7 Å². The summed E-state index contributed by atoms with van der Waals surface area (Å²) in [5.74, 6) is 0. The highest BCUT2D eigenvalue weighted by Crippen LogP contribution is 2.28. The molecule has 0 atom stereocenters. The van der Waals surface area contributed by atoms with Crippen molar-refractivity contribution in [1.82, 2.24) is 0 Å². The second-order valence-corrected chi connectivity index (χ2v) is 9.71. The van der Waals surface area contributed by atoms with Gasteiger partial charge in [-0.15, -0.1) is 0 Å². The fraction of sp³-hybridized carbons (Fsp3) is 1.00. The van der Waals surface area contributed by atoms with Crippen LogP contribution in [-0.2, 0) is 14.2 Å². The summed E-state index contributed by atoms with van der Waals surface area (Å²) in [6.45, 7) is 6.99. The Bertz CT molecular complexity index is 372. The molecule has 0 aromatic carbocycles. The maximum atomic E-state index is 9.46. The van der Waals surface area contributed by atoms with Crippen LogP contribution in [0.3, 0.4) is 0 Å². The number of hydrogen-bond acceptors (Lipinski definition) is 9. The molecule has 0 aliphatic carbocycles. The van der Waals surface area contributed by atoms with E-state index in [1.807, 2.05) is 6.92 Å². The molecule has 0 heterocycles. The lowest BCUT2D eigenvalue weighted by Crippen LogP contribution is -2.42. The highest BCUT2D eigenvalue weighted by atomic mass is 16.5.